The highest BCUT2D eigenvalue weighted by Crippen LogP contribution is 2.25. The van der Waals surface area contributed by atoms with Crippen molar-refractivity contribution >= 4 is 0 Å². The van der Waals surface area contributed by atoms with Gasteiger partial charge in [-0.3, -0.25) is 0 Å². The Kier molecular flexibility index (Phi) is 2.58. The maximum Gasteiger partial charge on any atom is 0.0127 e. The number of rotatable bonds is 0. The summed E-state index contributed by atoms with van der Waals surface area (Å²) in [5, 5.41) is 3.60. The summed E-state index contributed by atoms with van der Waals surface area (Å²) in [7, 11) is 0. The molecule has 0 amide bonds. The Labute approximate surface area is 70.6 Å². The third kappa shape index (κ3) is 2.82. The van der Waals surface area contributed by atoms with Crippen LogP contribution in [-0.4, -0.2) is 12.1 Å². The molecule has 1 aliphatic heterocycles. The first-order chi connectivity index (χ1) is 4.99. The molecule has 0 aromatic carbocycles. The van der Waals surface area contributed by atoms with Gasteiger partial charge >= 0.3 is 0 Å². The van der Waals surface area contributed by atoms with E-state index in [2.05, 4.69) is 33.0 Å². The fourth-order valence-corrected chi connectivity index (χ4v) is 2.25. The molecule has 0 saturated carbocycles. The molecule has 66 valence electrons. The van der Waals surface area contributed by atoms with Gasteiger partial charge in [0, 0.05) is 5.54 Å². The number of nitrogens with one attached hydrogen (secondary N) is 1. The summed E-state index contributed by atoms with van der Waals surface area (Å²) >= 11 is 0. The van der Waals surface area contributed by atoms with E-state index in [4.69, 9.17) is 0 Å². The van der Waals surface area contributed by atoms with Crippen LogP contribution < -0.4 is 5.32 Å². The second kappa shape index (κ2) is 3.14. The molecule has 1 nitrogen and oxygen atoms in total. The van der Waals surface area contributed by atoms with Gasteiger partial charge in [-0.05, 0) is 45.1 Å². The van der Waals surface area contributed by atoms with E-state index in [1.54, 1.807) is 0 Å². The summed E-state index contributed by atoms with van der Waals surface area (Å²) in [6.07, 6.45) is 2.70. The molecule has 1 fully saturated rings. The summed E-state index contributed by atoms with van der Waals surface area (Å²) < 4.78 is 0. The average Bonchev–Trinajstić information content (AvgIpc) is 1.90. The Morgan fingerprint density at radius 1 is 1.18 bits per heavy atom. The zero-order valence-corrected chi connectivity index (χ0v) is 8.28. The van der Waals surface area contributed by atoms with Crippen molar-refractivity contribution in [2.75, 3.05) is 6.54 Å². The highest BCUT2D eigenvalue weighted by Gasteiger charge is 2.25. The molecule has 0 aromatic heterocycles. The van der Waals surface area contributed by atoms with E-state index < -0.39 is 0 Å². The second-order valence-corrected chi connectivity index (χ2v) is 4.91. The lowest BCUT2D eigenvalue weighted by molar-refractivity contribution is 0.340. The summed E-state index contributed by atoms with van der Waals surface area (Å²) in [4.78, 5) is 0. The monoisotopic (exact) mass is 155 g/mol. The third-order valence-electron chi connectivity index (χ3n) is 2.59. The first-order valence-corrected chi connectivity index (χ1v) is 4.74. The molecule has 1 N–H and O–H groups in total. The quantitative estimate of drug-likeness (QED) is 0.566. The highest BCUT2D eigenvalue weighted by atomic mass is 15.0. The van der Waals surface area contributed by atoms with Crippen molar-refractivity contribution in [2.45, 2.75) is 46.1 Å². The van der Waals surface area contributed by atoms with Crippen molar-refractivity contribution < 1.29 is 0 Å². The van der Waals surface area contributed by atoms with Crippen LogP contribution in [0.2, 0.25) is 0 Å². The van der Waals surface area contributed by atoms with Crippen LogP contribution in [0.4, 0.5) is 0 Å². The molecule has 0 aromatic rings. The molecule has 1 heterocycles. The minimum absolute atomic E-state index is 0.365. The molecule has 11 heavy (non-hydrogen) atoms. The normalized spacial score (nSPS) is 38.2. The van der Waals surface area contributed by atoms with Gasteiger partial charge in [0.15, 0.2) is 0 Å². The molecule has 2 unspecified atom stereocenters. The van der Waals surface area contributed by atoms with Crippen LogP contribution in [0.3, 0.4) is 0 Å². The van der Waals surface area contributed by atoms with E-state index in [0.29, 0.717) is 5.54 Å². The summed E-state index contributed by atoms with van der Waals surface area (Å²) in [6.45, 7) is 10.5. The number of hydrogen-bond donors (Lipinski definition) is 1. The van der Waals surface area contributed by atoms with E-state index in [-0.39, 0.29) is 0 Å². The Morgan fingerprint density at radius 2 is 1.82 bits per heavy atom. The van der Waals surface area contributed by atoms with Crippen molar-refractivity contribution in [1.29, 1.82) is 0 Å². The van der Waals surface area contributed by atoms with Crippen LogP contribution in [0.15, 0.2) is 0 Å². The topological polar surface area (TPSA) is 12.0 Å². The predicted molar refractivity (Wildman–Crippen MR) is 49.6 cm³/mol. The zero-order chi connectivity index (χ0) is 8.48. The van der Waals surface area contributed by atoms with Gasteiger partial charge in [0.05, 0.1) is 0 Å². The smallest absolute Gasteiger partial charge is 0.0127 e. The standard InChI is InChI=1S/C10H21N/c1-8-5-9(2)7-11-10(3,4)6-8/h8-9,11H,5-7H2,1-4H3. The highest BCUT2D eigenvalue weighted by molar-refractivity contribution is 4.84. The summed E-state index contributed by atoms with van der Waals surface area (Å²) in [5.74, 6) is 1.74. The van der Waals surface area contributed by atoms with E-state index in [1.807, 2.05) is 0 Å². The van der Waals surface area contributed by atoms with E-state index in [9.17, 15) is 0 Å². The summed E-state index contributed by atoms with van der Waals surface area (Å²) in [5.41, 5.74) is 0.365. The van der Waals surface area contributed by atoms with E-state index in [0.717, 1.165) is 11.8 Å². The SMILES string of the molecule is CC1CNC(C)(C)CC(C)C1. The average molecular weight is 155 g/mol. The van der Waals surface area contributed by atoms with Crippen LogP contribution in [0.5, 0.6) is 0 Å². The van der Waals surface area contributed by atoms with E-state index in [1.165, 1.54) is 19.4 Å². The van der Waals surface area contributed by atoms with Gasteiger partial charge in [-0.25, -0.2) is 0 Å². The van der Waals surface area contributed by atoms with Crippen LogP contribution in [0.1, 0.15) is 40.5 Å². The molecule has 0 aliphatic carbocycles. The first kappa shape index (κ1) is 9.05. The summed E-state index contributed by atoms with van der Waals surface area (Å²) in [6, 6.07) is 0. The van der Waals surface area contributed by atoms with Crippen molar-refractivity contribution in [1.82, 2.24) is 5.32 Å². The molecule has 1 saturated heterocycles. The Morgan fingerprint density at radius 3 is 2.45 bits per heavy atom. The van der Waals surface area contributed by atoms with Gasteiger partial charge in [0.25, 0.3) is 0 Å². The zero-order valence-electron chi connectivity index (χ0n) is 8.28. The molecular weight excluding hydrogens is 134 g/mol. The Bertz CT molecular complexity index is 129. The van der Waals surface area contributed by atoms with Gasteiger partial charge in [0.1, 0.15) is 0 Å². The maximum absolute atomic E-state index is 3.60. The van der Waals surface area contributed by atoms with E-state index >= 15 is 0 Å². The Hall–Kier alpha value is -0.0400. The molecule has 1 rings (SSSR count). The van der Waals surface area contributed by atoms with Crippen LogP contribution in [-0.2, 0) is 0 Å². The predicted octanol–water partition coefficient (Wildman–Crippen LogP) is 2.42. The van der Waals surface area contributed by atoms with Crippen molar-refractivity contribution in [3.05, 3.63) is 0 Å². The molecule has 1 aliphatic rings. The molecule has 1 heteroatoms. The lowest BCUT2D eigenvalue weighted by atomic mass is 9.89. The van der Waals surface area contributed by atoms with Gasteiger partial charge in [-0.15, -0.1) is 0 Å². The van der Waals surface area contributed by atoms with Gasteiger partial charge in [0.2, 0.25) is 0 Å². The van der Waals surface area contributed by atoms with Gasteiger partial charge in [-0.1, -0.05) is 13.8 Å². The van der Waals surface area contributed by atoms with Crippen molar-refractivity contribution in [3.8, 4) is 0 Å². The van der Waals surface area contributed by atoms with Gasteiger partial charge in [-0.2, -0.15) is 0 Å². The minimum atomic E-state index is 0.365. The van der Waals surface area contributed by atoms with Crippen LogP contribution >= 0.6 is 0 Å². The fraction of sp³-hybridized carbons (Fsp3) is 1.00. The lowest BCUT2D eigenvalue weighted by Crippen LogP contribution is -2.39. The molecule has 0 bridgehead atoms. The Balaban J connectivity index is 2.53. The minimum Gasteiger partial charge on any atom is -0.312 e. The largest absolute Gasteiger partial charge is 0.312 e. The van der Waals surface area contributed by atoms with Gasteiger partial charge < -0.3 is 5.32 Å². The van der Waals surface area contributed by atoms with Crippen molar-refractivity contribution in [3.63, 3.8) is 0 Å². The molecule has 2 atom stereocenters. The number of hydrogen-bond acceptors (Lipinski definition) is 1. The first-order valence-electron chi connectivity index (χ1n) is 4.74. The van der Waals surface area contributed by atoms with Crippen LogP contribution in [0.25, 0.3) is 0 Å². The molecule has 0 spiro atoms. The maximum atomic E-state index is 3.60. The molecule has 0 radical (unpaired) electrons. The third-order valence-corrected chi connectivity index (χ3v) is 2.59. The van der Waals surface area contributed by atoms with Crippen molar-refractivity contribution in [2.24, 2.45) is 11.8 Å². The lowest BCUT2D eigenvalue weighted by Gasteiger charge is -2.25. The second-order valence-electron chi connectivity index (χ2n) is 4.91. The van der Waals surface area contributed by atoms with Crippen LogP contribution in [0, 0.1) is 11.8 Å². The molecular formula is C10H21N. The fourth-order valence-electron chi connectivity index (χ4n) is 2.25.